The second-order valence-electron chi connectivity index (χ2n) is 34.5. The van der Waals surface area contributed by atoms with Crippen molar-refractivity contribution < 1.29 is 127 Å². The largest absolute Gasteiger partial charge is 0.460 e. The number of amides is 4. The molecule has 2 rings (SSSR count). The third kappa shape index (κ3) is 58.8. The molecule has 2 aliphatic rings. The Labute approximate surface area is 698 Å². The molecule has 116 heavy (non-hydrogen) atoms. The van der Waals surface area contributed by atoms with Gasteiger partial charge in [-0.25, -0.2) is 19.2 Å². The first-order chi connectivity index (χ1) is 54.9. The third-order valence-corrected chi connectivity index (χ3v) is 29.2. The predicted molar refractivity (Wildman–Crippen MR) is 449 cm³/mol. The maximum Gasteiger partial charge on any atom is 0.407 e. The van der Waals surface area contributed by atoms with E-state index in [9.17, 15) is 28.8 Å². The maximum atomic E-state index is 14.2. The van der Waals surface area contributed by atoms with Gasteiger partial charge in [-0.3, -0.25) is 9.59 Å². The summed E-state index contributed by atoms with van der Waals surface area (Å²) in [5.41, 5.74) is -0.632. The van der Waals surface area contributed by atoms with Crippen molar-refractivity contribution >= 4 is 61.1 Å². The van der Waals surface area contributed by atoms with E-state index in [4.69, 9.17) is 98.2 Å². The van der Waals surface area contributed by atoms with Crippen molar-refractivity contribution in [3.05, 3.63) is 24.3 Å². The van der Waals surface area contributed by atoms with Crippen LogP contribution in [0.1, 0.15) is 139 Å². The van der Waals surface area contributed by atoms with Crippen LogP contribution in [0.25, 0.3) is 0 Å². The van der Waals surface area contributed by atoms with Gasteiger partial charge in [-0.05, 0) is 157 Å². The second kappa shape index (κ2) is 61.2. The minimum atomic E-state index is -2.32. The molecule has 2 aliphatic carbocycles. The minimum Gasteiger partial charge on any atom is -0.460 e. The van der Waals surface area contributed by atoms with Crippen molar-refractivity contribution in [2.24, 2.45) is 27.1 Å². The Hall–Kier alpha value is -4.13. The summed E-state index contributed by atoms with van der Waals surface area (Å²) < 4.78 is 118. The molecule has 0 spiro atoms. The Morgan fingerprint density at radius 3 is 0.922 bits per heavy atom. The zero-order valence-electron chi connectivity index (χ0n) is 74.2. The van der Waals surface area contributed by atoms with E-state index in [1.54, 1.807) is 13.8 Å². The number of rotatable bonds is 73. The van der Waals surface area contributed by atoms with Gasteiger partial charge in [0.2, 0.25) is 11.8 Å². The van der Waals surface area contributed by atoms with E-state index in [0.717, 1.165) is 38.1 Å². The molecule has 2 fully saturated rings. The van der Waals surface area contributed by atoms with E-state index in [1.165, 1.54) is 0 Å². The first-order valence-electron chi connectivity index (χ1n) is 42.0. The fourth-order valence-corrected chi connectivity index (χ4v) is 27.9. The van der Waals surface area contributed by atoms with Gasteiger partial charge in [-0.2, -0.15) is 0 Å². The normalized spacial score (nSPS) is 18.7. The van der Waals surface area contributed by atoms with E-state index in [2.05, 4.69) is 129 Å². The van der Waals surface area contributed by atoms with Crippen LogP contribution >= 0.6 is 0 Å². The molecule has 34 heteroatoms. The van der Waals surface area contributed by atoms with Crippen LogP contribution in [-0.4, -0.2) is 311 Å². The van der Waals surface area contributed by atoms with Gasteiger partial charge < -0.3 is 119 Å². The van der Waals surface area contributed by atoms with Gasteiger partial charge in [0.25, 0.3) is 0 Å². The topological polar surface area (TPSA) is 344 Å². The molecule has 4 atom stereocenters. The van der Waals surface area contributed by atoms with Gasteiger partial charge >= 0.3 is 32.7 Å². The van der Waals surface area contributed by atoms with Crippen LogP contribution < -0.4 is 21.3 Å². The van der Waals surface area contributed by atoms with Crippen LogP contribution in [-0.2, 0) is 117 Å². The molecular weight excluding hydrogens is 1560 g/mol. The smallest absolute Gasteiger partial charge is 0.407 e. The Morgan fingerprint density at radius 1 is 0.379 bits per heavy atom. The average Bonchev–Trinajstić information content (AvgIpc) is 0.800. The van der Waals surface area contributed by atoms with Crippen LogP contribution in [0.15, 0.2) is 24.3 Å². The SMILES string of the molecule is C=C(C)C(=O)OCCOCCOCCOCCOCCOCCOCCOCCOC(=O)NCC1(C)CC(NC(=O)CCC(CC)(CCC(=O)NC2CC(C)(C)CC(C)(CNC(=O)OCCOCCOCCOCCOCCOCCOCCOCCOC(=O)C(=C)C)C2)COCCC[Si](C)(C)O[Si](C)(C)O[Si](C)(C)C)CC(C)(C)C1. The molecule has 0 bridgehead atoms. The molecule has 31 nitrogen and oxygen atoms in total. The monoisotopic (exact) mass is 1710 g/mol. The summed E-state index contributed by atoms with van der Waals surface area (Å²) in [6.45, 7) is 53.8. The molecule has 4 N–H and O–H groups in total. The van der Waals surface area contributed by atoms with Crippen molar-refractivity contribution in [1.29, 1.82) is 0 Å². The number of nitrogens with one attached hydrogen (secondary N) is 4. The summed E-state index contributed by atoms with van der Waals surface area (Å²) in [5, 5.41) is 12.8. The molecule has 4 unspecified atom stereocenters. The van der Waals surface area contributed by atoms with Gasteiger partial charge in [0.05, 0.1) is 192 Å². The number of hydrogen-bond acceptors (Lipinski definition) is 27. The number of carbonyl (C=O) groups is 6. The number of esters is 2. The minimum absolute atomic E-state index is 0.0492. The first kappa shape index (κ1) is 108. The van der Waals surface area contributed by atoms with Crippen molar-refractivity contribution in [2.75, 3.05) is 238 Å². The van der Waals surface area contributed by atoms with Gasteiger partial charge in [0.15, 0.2) is 16.6 Å². The third-order valence-electron chi connectivity index (χ3n) is 19.0. The average molecular weight is 1710 g/mol. The lowest BCUT2D eigenvalue weighted by atomic mass is 9.62. The van der Waals surface area contributed by atoms with Crippen LogP contribution in [0, 0.1) is 27.1 Å². The molecule has 0 saturated heterocycles. The molecule has 2 saturated carbocycles. The number of alkyl carbamates (subject to hydrolysis) is 2. The summed E-state index contributed by atoms with van der Waals surface area (Å²) in [6, 6.07) is 0.677. The van der Waals surface area contributed by atoms with E-state index in [-0.39, 0.29) is 98.0 Å². The fraction of sp³-hybridized carbons (Fsp3) is 0.878. The van der Waals surface area contributed by atoms with Gasteiger partial charge in [0, 0.05) is 55.8 Å². The summed E-state index contributed by atoms with van der Waals surface area (Å²) in [7, 11) is -6.20. The molecule has 0 heterocycles. The van der Waals surface area contributed by atoms with E-state index < -0.39 is 54.7 Å². The zero-order valence-corrected chi connectivity index (χ0v) is 77.2. The Morgan fingerprint density at radius 2 is 0.655 bits per heavy atom. The predicted octanol–water partition coefficient (Wildman–Crippen LogP) is 10.5. The highest BCUT2D eigenvalue weighted by molar-refractivity contribution is 6.87. The van der Waals surface area contributed by atoms with E-state index in [1.807, 2.05) is 0 Å². The van der Waals surface area contributed by atoms with Gasteiger partial charge in [-0.15, -0.1) is 0 Å². The van der Waals surface area contributed by atoms with Crippen LogP contribution in [0.2, 0.25) is 51.9 Å². The molecule has 0 radical (unpaired) electrons. The van der Waals surface area contributed by atoms with Crippen molar-refractivity contribution in [3.63, 3.8) is 0 Å². The van der Waals surface area contributed by atoms with E-state index >= 15 is 0 Å². The number of ether oxygens (including phenoxy) is 19. The summed E-state index contributed by atoms with van der Waals surface area (Å²) in [4.78, 5) is 77.1. The molecule has 678 valence electrons. The quantitative estimate of drug-likeness (QED) is 0.0144. The molecular formula is C82H156N4O27Si3. The zero-order chi connectivity index (χ0) is 86.1. The van der Waals surface area contributed by atoms with Crippen LogP contribution in [0.4, 0.5) is 9.59 Å². The first-order valence-corrected chi connectivity index (χ1v) is 51.4. The molecule has 0 aromatic carbocycles. The summed E-state index contributed by atoms with van der Waals surface area (Å²) >= 11 is 0. The number of hydrogen-bond donors (Lipinski definition) is 4. The Kier molecular flexibility index (Phi) is 57.0. The van der Waals surface area contributed by atoms with Crippen molar-refractivity contribution in [2.45, 2.75) is 203 Å². The molecule has 0 aromatic rings. The highest BCUT2D eigenvalue weighted by Crippen LogP contribution is 2.47. The lowest BCUT2D eigenvalue weighted by Crippen LogP contribution is -2.51. The van der Waals surface area contributed by atoms with Gasteiger partial charge in [-0.1, -0.05) is 61.6 Å². The number of carbonyl (C=O) groups excluding carboxylic acids is 6. The lowest BCUT2D eigenvalue weighted by Gasteiger charge is -2.47. The Balaban J connectivity index is 1.77. The molecule has 0 aromatic heterocycles. The Bertz CT molecular complexity index is 2550. The molecule has 0 aliphatic heterocycles. The molecule has 4 amide bonds. The standard InChI is InChI=1S/C82H156N4O27Si3/c1-19-82(67-107-25-20-58-115(15,16)113-116(17,18)112-114(12,13)14,23-21-72(87)85-70-59-78(6,7)63-80(10,61-70)65-83-76(91)110-56-52-105-48-44-101-40-36-97-32-28-93-26-30-95-34-38-99-42-46-103-50-54-108-74(89)68(2)3)24-22-73(88)86-71-60-79(8,9)64-81(11,62-71)66-84-77(92)111-57-53-106-49-45-102-41-37-98-33-29-94-27-31-96-35-39-100-43-47-104-51-55-109-75(90)69(4)5/h70-71H,2,4,19-67H2,1,3,5-18H3,(H,83,91)(H,84,92)(H,85,87)(H,86,88). The van der Waals surface area contributed by atoms with E-state index in [0.29, 0.717) is 241 Å². The van der Waals surface area contributed by atoms with Crippen molar-refractivity contribution in [3.8, 4) is 0 Å². The van der Waals surface area contributed by atoms with Gasteiger partial charge in [0.1, 0.15) is 26.4 Å². The summed E-state index contributed by atoms with van der Waals surface area (Å²) in [5.74, 6) is -0.963. The summed E-state index contributed by atoms with van der Waals surface area (Å²) in [6.07, 6.45) is 6.68. The second-order valence-corrected chi connectivity index (χ2v) is 47.2. The lowest BCUT2D eigenvalue weighted by molar-refractivity contribution is -0.141. The van der Waals surface area contributed by atoms with Crippen molar-refractivity contribution in [1.82, 2.24) is 21.3 Å². The van der Waals surface area contributed by atoms with Crippen LogP contribution in [0.5, 0.6) is 0 Å². The van der Waals surface area contributed by atoms with Crippen LogP contribution in [0.3, 0.4) is 0 Å². The fourth-order valence-electron chi connectivity index (χ4n) is 14.7. The highest BCUT2D eigenvalue weighted by Gasteiger charge is 2.45. The maximum absolute atomic E-state index is 14.2. The highest BCUT2D eigenvalue weighted by atomic mass is 28.5.